The first kappa shape index (κ1) is 24.0. The number of carbonyl (C=O) groups excluding carboxylic acids is 1. The van der Waals surface area contributed by atoms with E-state index in [2.05, 4.69) is 16.8 Å². The normalized spacial score (nSPS) is 20.7. The first-order valence-corrected chi connectivity index (χ1v) is 14.6. The molecule has 2 aliphatic carbocycles. The fraction of sp³-hybridized carbons (Fsp3) is 0.500. The van der Waals surface area contributed by atoms with Crippen molar-refractivity contribution < 1.29 is 13.2 Å². The third-order valence-electron chi connectivity index (χ3n) is 7.66. The predicted molar refractivity (Wildman–Crippen MR) is 138 cm³/mol. The van der Waals surface area contributed by atoms with Crippen LogP contribution in [0.1, 0.15) is 80.2 Å². The number of nitrogens with one attached hydrogen (secondary N) is 1. The Bertz CT molecular complexity index is 1320. The maximum Gasteiger partial charge on any atom is 0.251 e. The van der Waals surface area contributed by atoms with E-state index >= 15 is 0 Å². The molecule has 35 heavy (non-hydrogen) atoms. The summed E-state index contributed by atoms with van der Waals surface area (Å²) < 4.78 is 26.4. The van der Waals surface area contributed by atoms with Crippen LogP contribution in [0.25, 0.3) is 11.0 Å². The summed E-state index contributed by atoms with van der Waals surface area (Å²) in [6, 6.07) is 13.1. The lowest BCUT2D eigenvalue weighted by molar-refractivity contribution is 0.0951. The highest BCUT2D eigenvalue weighted by atomic mass is 32.2. The fourth-order valence-corrected chi connectivity index (χ4v) is 6.12. The molecular weight excluding hydrogens is 458 g/mol. The minimum atomic E-state index is -3.22. The smallest absolute Gasteiger partial charge is 0.251 e. The second-order valence-electron chi connectivity index (χ2n) is 10.4. The summed E-state index contributed by atoms with van der Waals surface area (Å²) in [5.74, 6) is 2.66. The van der Waals surface area contributed by atoms with Crippen LogP contribution in [0.15, 0.2) is 47.4 Å². The summed E-state index contributed by atoms with van der Waals surface area (Å²) >= 11 is 0. The van der Waals surface area contributed by atoms with Gasteiger partial charge in [-0.05, 0) is 73.4 Å². The van der Waals surface area contributed by atoms with E-state index in [1.165, 1.54) is 44.3 Å². The van der Waals surface area contributed by atoms with Gasteiger partial charge in [-0.3, -0.25) is 4.79 Å². The molecule has 2 saturated carbocycles. The number of nitrogens with zero attached hydrogens (tertiary/aromatic N) is 2. The summed E-state index contributed by atoms with van der Waals surface area (Å²) in [5, 5.41) is 2.96. The third-order valence-corrected chi connectivity index (χ3v) is 9.41. The van der Waals surface area contributed by atoms with Gasteiger partial charge in [-0.2, -0.15) is 0 Å². The average molecular weight is 494 g/mol. The zero-order valence-corrected chi connectivity index (χ0v) is 21.5. The van der Waals surface area contributed by atoms with Gasteiger partial charge in [0.25, 0.3) is 5.91 Å². The minimum absolute atomic E-state index is 0.0731. The van der Waals surface area contributed by atoms with E-state index in [0.717, 1.165) is 28.9 Å². The number of rotatable bonds is 8. The second-order valence-corrected chi connectivity index (χ2v) is 12.7. The lowest BCUT2D eigenvalue weighted by Crippen LogP contribution is -2.22. The van der Waals surface area contributed by atoms with Crippen molar-refractivity contribution in [2.45, 2.75) is 76.3 Å². The molecule has 2 fully saturated rings. The van der Waals surface area contributed by atoms with Gasteiger partial charge in [0.15, 0.2) is 9.84 Å². The Hall–Kier alpha value is -2.67. The van der Waals surface area contributed by atoms with Gasteiger partial charge < -0.3 is 9.88 Å². The molecule has 0 unspecified atom stereocenters. The highest BCUT2D eigenvalue weighted by Gasteiger charge is 2.30. The molecule has 0 bridgehead atoms. The lowest BCUT2D eigenvalue weighted by Gasteiger charge is -2.26. The van der Waals surface area contributed by atoms with Crippen LogP contribution in [0.2, 0.25) is 0 Å². The van der Waals surface area contributed by atoms with Crippen molar-refractivity contribution in [2.24, 2.45) is 11.8 Å². The third kappa shape index (κ3) is 5.30. The Labute approximate surface area is 208 Å². The van der Waals surface area contributed by atoms with Gasteiger partial charge >= 0.3 is 0 Å². The standard InChI is InChI=1S/C28H35N3O3S/c1-3-35(33,34)24-13-8-21(9-14-24)18-29-28(32)22-10-15-26-25(17-22)30-27(31(26)23-11-12-23)16-20-6-4-19(2)5-7-20/h8-10,13-15,17,19-20,23H,3-7,11-12,16,18H2,1-2H3,(H,29,32)/t19-,20+. The van der Waals surface area contributed by atoms with E-state index in [9.17, 15) is 13.2 Å². The Balaban J connectivity index is 1.29. The van der Waals surface area contributed by atoms with E-state index in [1.807, 2.05) is 18.2 Å². The first-order valence-electron chi connectivity index (χ1n) is 12.9. The van der Waals surface area contributed by atoms with Crippen molar-refractivity contribution >= 4 is 26.8 Å². The van der Waals surface area contributed by atoms with E-state index in [4.69, 9.17) is 4.98 Å². The van der Waals surface area contributed by atoms with Gasteiger partial charge in [0.2, 0.25) is 0 Å². The molecule has 0 radical (unpaired) electrons. The molecular formula is C28H35N3O3S. The molecule has 7 heteroatoms. The molecule has 1 N–H and O–H groups in total. The van der Waals surface area contributed by atoms with Crippen LogP contribution in [-0.4, -0.2) is 29.6 Å². The van der Waals surface area contributed by atoms with Gasteiger partial charge in [-0.1, -0.05) is 38.8 Å². The number of hydrogen-bond acceptors (Lipinski definition) is 4. The topological polar surface area (TPSA) is 81.1 Å². The molecule has 0 aliphatic heterocycles. The highest BCUT2D eigenvalue weighted by Crippen LogP contribution is 2.40. The number of benzene rings is 2. The average Bonchev–Trinajstić information content (AvgIpc) is 3.64. The summed E-state index contributed by atoms with van der Waals surface area (Å²) in [4.78, 5) is 18.2. The Morgan fingerprint density at radius 3 is 2.40 bits per heavy atom. The van der Waals surface area contributed by atoms with Crippen molar-refractivity contribution in [3.63, 3.8) is 0 Å². The van der Waals surface area contributed by atoms with Crippen molar-refractivity contribution in [1.29, 1.82) is 0 Å². The molecule has 1 amide bonds. The lowest BCUT2D eigenvalue weighted by atomic mass is 9.81. The van der Waals surface area contributed by atoms with Gasteiger partial charge in [-0.15, -0.1) is 0 Å². The zero-order chi connectivity index (χ0) is 24.6. The summed E-state index contributed by atoms with van der Waals surface area (Å²) in [6.07, 6.45) is 8.65. The molecule has 2 aliphatic rings. The number of amides is 1. The van der Waals surface area contributed by atoms with Crippen LogP contribution in [-0.2, 0) is 22.8 Å². The van der Waals surface area contributed by atoms with Crippen molar-refractivity contribution in [1.82, 2.24) is 14.9 Å². The number of hydrogen-bond donors (Lipinski definition) is 1. The quantitative estimate of drug-likeness (QED) is 0.452. The number of imidazole rings is 1. The van der Waals surface area contributed by atoms with Crippen molar-refractivity contribution in [3.05, 3.63) is 59.4 Å². The van der Waals surface area contributed by atoms with Crippen LogP contribution >= 0.6 is 0 Å². The maximum atomic E-state index is 12.9. The summed E-state index contributed by atoms with van der Waals surface area (Å²) in [5.41, 5.74) is 3.49. The molecule has 0 saturated heterocycles. The number of aromatic nitrogens is 2. The van der Waals surface area contributed by atoms with Gasteiger partial charge in [0.1, 0.15) is 5.82 Å². The van der Waals surface area contributed by atoms with Gasteiger partial charge in [-0.25, -0.2) is 13.4 Å². The van der Waals surface area contributed by atoms with Crippen LogP contribution < -0.4 is 5.32 Å². The Morgan fingerprint density at radius 2 is 1.74 bits per heavy atom. The predicted octanol–water partition coefficient (Wildman–Crippen LogP) is 5.46. The molecule has 2 aromatic carbocycles. The van der Waals surface area contributed by atoms with E-state index in [1.54, 1.807) is 31.2 Å². The van der Waals surface area contributed by atoms with Crippen molar-refractivity contribution in [2.75, 3.05) is 5.75 Å². The monoisotopic (exact) mass is 493 g/mol. The van der Waals surface area contributed by atoms with Gasteiger partial charge in [0.05, 0.1) is 21.7 Å². The van der Waals surface area contributed by atoms with Crippen LogP contribution in [0.3, 0.4) is 0 Å². The van der Waals surface area contributed by atoms with Gasteiger partial charge in [0, 0.05) is 24.6 Å². The molecule has 5 rings (SSSR count). The van der Waals surface area contributed by atoms with E-state index in [-0.39, 0.29) is 11.7 Å². The van der Waals surface area contributed by atoms with Crippen LogP contribution in [0.5, 0.6) is 0 Å². The first-order chi connectivity index (χ1) is 16.8. The zero-order valence-electron chi connectivity index (χ0n) is 20.7. The SMILES string of the molecule is CCS(=O)(=O)c1ccc(CNC(=O)c2ccc3c(c2)nc(C[C@H]2CC[C@@H](C)CC2)n3C2CC2)cc1. The Kier molecular flexibility index (Phi) is 6.71. The largest absolute Gasteiger partial charge is 0.348 e. The molecule has 6 nitrogen and oxygen atoms in total. The molecule has 1 heterocycles. The highest BCUT2D eigenvalue weighted by molar-refractivity contribution is 7.91. The van der Waals surface area contributed by atoms with E-state index < -0.39 is 9.84 Å². The number of sulfone groups is 1. The number of carbonyl (C=O) groups is 1. The molecule has 0 spiro atoms. The number of fused-ring (bicyclic) bond motifs is 1. The summed E-state index contributed by atoms with van der Waals surface area (Å²) in [6.45, 7) is 4.33. The molecule has 186 valence electrons. The minimum Gasteiger partial charge on any atom is -0.348 e. The maximum absolute atomic E-state index is 12.9. The van der Waals surface area contributed by atoms with E-state index in [0.29, 0.717) is 29.0 Å². The summed E-state index contributed by atoms with van der Waals surface area (Å²) in [7, 11) is -3.22. The molecule has 0 atom stereocenters. The fourth-order valence-electron chi connectivity index (χ4n) is 5.23. The van der Waals surface area contributed by atoms with Crippen LogP contribution in [0, 0.1) is 11.8 Å². The second kappa shape index (κ2) is 9.76. The van der Waals surface area contributed by atoms with Crippen LogP contribution in [0.4, 0.5) is 0 Å². The molecule has 1 aromatic heterocycles. The van der Waals surface area contributed by atoms with Crippen molar-refractivity contribution in [3.8, 4) is 0 Å². The Morgan fingerprint density at radius 1 is 1.03 bits per heavy atom. The molecule has 3 aromatic rings.